The zero-order valence-corrected chi connectivity index (χ0v) is 25.7. The number of halogens is 2. The van der Waals surface area contributed by atoms with Crippen molar-refractivity contribution in [2.45, 2.75) is 73.6 Å². The molecule has 3 heteroatoms. The second-order valence-corrected chi connectivity index (χ2v) is 11.0. The third kappa shape index (κ3) is 11.6. The number of aryl methyl sites for hydroxylation is 2. The van der Waals surface area contributed by atoms with Gasteiger partial charge in [0.1, 0.15) is 0 Å². The van der Waals surface area contributed by atoms with Gasteiger partial charge >= 0.3 is 63.8 Å². The largest absolute Gasteiger partial charge is 0.210 e. The van der Waals surface area contributed by atoms with Gasteiger partial charge < -0.3 is 7.43 Å². The molecule has 0 heterocycles. The molecule has 0 amide bonds. The van der Waals surface area contributed by atoms with E-state index in [0.29, 0.717) is 5.41 Å². The van der Waals surface area contributed by atoms with E-state index in [1.165, 1.54) is 61.1 Å². The monoisotopic (exact) mass is 563 g/mol. The van der Waals surface area contributed by atoms with Crippen molar-refractivity contribution in [1.29, 1.82) is 0 Å². The zero-order chi connectivity index (χ0) is 22.2. The van der Waals surface area contributed by atoms with Gasteiger partial charge in [0, 0.05) is 0 Å². The van der Waals surface area contributed by atoms with E-state index in [0.717, 1.165) is 6.42 Å². The smallest absolute Gasteiger partial charge is 0.0512 e. The average molecular weight is 566 g/mol. The summed E-state index contributed by atoms with van der Waals surface area (Å²) in [5.74, 6) is 0. The number of hydrogen-bond donors (Lipinski definition) is 0. The van der Waals surface area contributed by atoms with Crippen LogP contribution < -0.4 is 0 Å². The first-order valence-electron chi connectivity index (χ1n) is 11.2. The predicted molar refractivity (Wildman–Crippen MR) is 150 cm³/mol. The topological polar surface area (TPSA) is 0 Å². The fraction of sp³-hybridized carbons (Fsp3) is 0.433. The zero-order valence-electron chi connectivity index (χ0n) is 21.6. The summed E-state index contributed by atoms with van der Waals surface area (Å²) in [5, 5.41) is 0. The van der Waals surface area contributed by atoms with E-state index in [1.807, 2.05) is 6.07 Å². The van der Waals surface area contributed by atoms with Gasteiger partial charge in [-0.3, -0.25) is 6.08 Å². The van der Waals surface area contributed by atoms with E-state index in [1.54, 1.807) is 16.7 Å². The Morgan fingerprint density at radius 3 is 1.94 bits per heavy atom. The van der Waals surface area contributed by atoms with E-state index >= 15 is 0 Å². The van der Waals surface area contributed by atoms with Crippen LogP contribution in [0.2, 0.25) is 0 Å². The molecule has 2 aromatic carbocycles. The van der Waals surface area contributed by atoms with E-state index in [2.05, 4.69) is 99.9 Å². The molecule has 0 aromatic heterocycles. The minimum absolute atomic E-state index is 0. The summed E-state index contributed by atoms with van der Waals surface area (Å²) in [4.78, 5) is 0. The molecule has 0 saturated carbocycles. The summed E-state index contributed by atoms with van der Waals surface area (Å²) < 4.78 is 2.17. The first-order chi connectivity index (χ1) is 14.1. The molecule has 0 fully saturated rings. The van der Waals surface area contributed by atoms with E-state index in [4.69, 9.17) is 0 Å². The van der Waals surface area contributed by atoms with Gasteiger partial charge in [0.25, 0.3) is 0 Å². The predicted octanol–water partition coefficient (Wildman–Crippen LogP) is 9.10. The van der Waals surface area contributed by atoms with Gasteiger partial charge in [0.15, 0.2) is 0 Å². The second kappa shape index (κ2) is 16.1. The fourth-order valence-electron chi connectivity index (χ4n) is 3.94. The van der Waals surface area contributed by atoms with Gasteiger partial charge in [0.2, 0.25) is 0 Å². The molecule has 0 atom stereocenters. The molecule has 0 nitrogen and oxygen atoms in total. The van der Waals surface area contributed by atoms with Gasteiger partial charge in [-0.05, 0) is 5.41 Å². The van der Waals surface area contributed by atoms with Gasteiger partial charge in [-0.25, -0.2) is 12.1 Å². The van der Waals surface area contributed by atoms with Crippen LogP contribution in [0.3, 0.4) is 0 Å². The number of fused-ring (bicyclic) bond motifs is 1. The standard InChI is InChI=1S/C13H21.C9H11.C7H6.CH3.2ClH.Zr/c1-12(2,3)10-8-7-9-11(10)13(4,5)6;1-2-5-9-7-3-6-8(9)4-1;1-7-5-3-2-4-6-7;;;;/h8H,9H2,1-6H3;3,6-7H,1-2,4-5H2;1-6H;1H3;2*1H;/q2*-1;;-1;;;. The number of benzene rings is 1. The maximum absolute atomic E-state index is 3.34. The van der Waals surface area contributed by atoms with Crippen LogP contribution >= 0.6 is 24.8 Å². The molecule has 2 aliphatic carbocycles. The Kier molecular flexibility index (Phi) is 16.9. The van der Waals surface area contributed by atoms with Gasteiger partial charge in [-0.2, -0.15) is 34.4 Å². The SMILES string of the molecule is CC(C)(C)C1=C(C(C)(C)C)C[C-]=C1.Cl.Cl.[CH3-].[Zr]=[CH]c1ccccc1.c1cc2c([cH-]1)CCCC2. The summed E-state index contributed by atoms with van der Waals surface area (Å²) in [7, 11) is 0. The molecule has 0 saturated heterocycles. The van der Waals surface area contributed by atoms with Crippen molar-refractivity contribution in [1.82, 2.24) is 0 Å². The van der Waals surface area contributed by atoms with Crippen LogP contribution in [-0.4, -0.2) is 3.71 Å². The molecule has 2 aromatic rings. The van der Waals surface area contributed by atoms with Crippen LogP contribution in [0.1, 0.15) is 77.5 Å². The number of allylic oxidation sites excluding steroid dienone is 4. The van der Waals surface area contributed by atoms with E-state index < -0.39 is 0 Å². The first kappa shape index (κ1) is 34.5. The third-order valence-corrected chi connectivity index (χ3v) is 6.50. The molecule has 0 radical (unpaired) electrons. The van der Waals surface area contributed by atoms with Crippen LogP contribution in [0.5, 0.6) is 0 Å². The van der Waals surface area contributed by atoms with Crippen molar-refractivity contribution in [2.24, 2.45) is 10.8 Å². The Bertz CT molecular complexity index is 838. The number of hydrogen-bond acceptors (Lipinski definition) is 0. The molecule has 184 valence electrons. The molecule has 0 spiro atoms. The Hall–Kier alpha value is -0.617. The summed E-state index contributed by atoms with van der Waals surface area (Å²) >= 11 is 1.46. The van der Waals surface area contributed by atoms with Crippen LogP contribution in [0.4, 0.5) is 0 Å². The third-order valence-electron chi connectivity index (χ3n) is 5.68. The molecule has 0 bridgehead atoms. The van der Waals surface area contributed by atoms with Gasteiger partial charge in [-0.1, -0.05) is 72.6 Å². The maximum atomic E-state index is 3.34. The van der Waals surface area contributed by atoms with Crippen LogP contribution in [0, 0.1) is 24.3 Å². The summed E-state index contributed by atoms with van der Waals surface area (Å²) in [6.07, 6.45) is 12.0. The summed E-state index contributed by atoms with van der Waals surface area (Å²) in [5.41, 5.74) is 8.13. The molecule has 4 rings (SSSR count). The van der Waals surface area contributed by atoms with Crippen LogP contribution in [-0.2, 0) is 37.1 Å². The molecule has 0 aliphatic heterocycles. The van der Waals surface area contributed by atoms with Gasteiger partial charge in [0.05, 0.1) is 0 Å². The second-order valence-electron chi connectivity index (χ2n) is 10.3. The van der Waals surface area contributed by atoms with Crippen LogP contribution in [0.25, 0.3) is 0 Å². The van der Waals surface area contributed by atoms with Crippen molar-refractivity contribution in [3.05, 3.63) is 95.9 Å². The van der Waals surface area contributed by atoms with Crippen molar-refractivity contribution in [2.75, 3.05) is 0 Å². The summed E-state index contributed by atoms with van der Waals surface area (Å²) in [6, 6.07) is 17.0. The fourth-order valence-corrected chi connectivity index (χ4v) is 4.41. The number of rotatable bonds is 1. The van der Waals surface area contributed by atoms with Crippen LogP contribution in [0.15, 0.2) is 65.8 Å². The molecule has 2 aliphatic rings. The van der Waals surface area contributed by atoms with Crippen molar-refractivity contribution in [3.8, 4) is 0 Å². The minimum Gasteiger partial charge on any atom is -0.210 e. The van der Waals surface area contributed by atoms with E-state index in [-0.39, 0.29) is 37.7 Å². The Morgan fingerprint density at radius 2 is 1.48 bits per heavy atom. The summed E-state index contributed by atoms with van der Waals surface area (Å²) in [6.45, 7) is 13.7. The Balaban J connectivity index is 0. The average Bonchev–Trinajstić information content (AvgIpc) is 3.38. The Morgan fingerprint density at radius 1 is 0.879 bits per heavy atom. The normalized spacial score (nSPS) is 14.1. The quantitative estimate of drug-likeness (QED) is 0.303. The van der Waals surface area contributed by atoms with Gasteiger partial charge in [-0.15, -0.1) is 31.2 Å². The maximum Gasteiger partial charge on any atom is -0.0512 e. The Labute approximate surface area is 231 Å². The van der Waals surface area contributed by atoms with Crippen molar-refractivity contribution < 1.29 is 24.2 Å². The first-order valence-corrected chi connectivity index (χ1v) is 12.6. The molecular formula is C30H43Cl2Zr-3. The molecule has 0 N–H and O–H groups in total. The molecule has 33 heavy (non-hydrogen) atoms. The molecule has 0 unspecified atom stereocenters. The van der Waals surface area contributed by atoms with Crippen molar-refractivity contribution >= 4 is 28.5 Å². The molecular weight excluding hydrogens is 522 g/mol. The minimum atomic E-state index is 0. The van der Waals surface area contributed by atoms with Crippen molar-refractivity contribution in [3.63, 3.8) is 0 Å². The van der Waals surface area contributed by atoms with E-state index in [9.17, 15) is 0 Å².